The first-order chi connectivity index (χ1) is 11.3. The molecule has 0 aromatic heterocycles. The minimum atomic E-state index is -0.0495. The molecule has 0 bridgehead atoms. The lowest BCUT2D eigenvalue weighted by Gasteiger charge is -2.35. The van der Waals surface area contributed by atoms with Crippen LogP contribution in [0.25, 0.3) is 0 Å². The van der Waals surface area contributed by atoms with Gasteiger partial charge in [0.2, 0.25) is 5.91 Å². The fraction of sp³-hybridized carbons (Fsp3) is 0.588. The van der Waals surface area contributed by atoms with Crippen LogP contribution in [0.1, 0.15) is 24.4 Å². The molecule has 2 saturated heterocycles. The van der Waals surface area contributed by atoms with Crippen LogP contribution >= 0.6 is 11.6 Å². The number of nitrogens with zero attached hydrogens (tertiary/aromatic N) is 1. The third kappa shape index (κ3) is 4.23. The maximum atomic E-state index is 12.3. The number of hydrogen-bond donors (Lipinski definition) is 2. The minimum absolute atomic E-state index is 0.0495. The van der Waals surface area contributed by atoms with Gasteiger partial charge in [0.1, 0.15) is 0 Å². The van der Waals surface area contributed by atoms with Crippen molar-refractivity contribution in [2.75, 3.05) is 39.4 Å². The Bertz CT molecular complexity index is 528. The van der Waals surface area contributed by atoms with Crippen LogP contribution in [0.2, 0.25) is 5.02 Å². The standard InChI is InChI=1S/C17H24ClN3O2/c18-14-5-2-1-4-13(14)16(21-8-10-23-11-9-21)12-20-17(22)15-6-3-7-19-15/h1-2,4-5,15-16,19H,3,6-12H2,(H,20,22). The van der Waals surface area contributed by atoms with Crippen molar-refractivity contribution >= 4 is 17.5 Å². The predicted octanol–water partition coefficient (Wildman–Crippen LogP) is 1.58. The number of carbonyl (C=O) groups is 1. The molecule has 2 N–H and O–H groups in total. The fourth-order valence-corrected chi connectivity index (χ4v) is 3.56. The molecular weight excluding hydrogens is 314 g/mol. The molecule has 0 radical (unpaired) electrons. The van der Waals surface area contributed by atoms with E-state index in [1.54, 1.807) is 0 Å². The van der Waals surface area contributed by atoms with E-state index in [0.717, 1.165) is 56.3 Å². The highest BCUT2D eigenvalue weighted by atomic mass is 35.5. The summed E-state index contributed by atoms with van der Waals surface area (Å²) in [5.74, 6) is 0.0906. The minimum Gasteiger partial charge on any atom is -0.379 e. The van der Waals surface area contributed by atoms with Gasteiger partial charge < -0.3 is 15.4 Å². The van der Waals surface area contributed by atoms with E-state index in [1.165, 1.54) is 0 Å². The Labute approximate surface area is 142 Å². The molecule has 23 heavy (non-hydrogen) atoms. The van der Waals surface area contributed by atoms with Crippen molar-refractivity contribution in [2.45, 2.75) is 24.9 Å². The Balaban J connectivity index is 1.69. The Morgan fingerprint density at radius 1 is 1.39 bits per heavy atom. The monoisotopic (exact) mass is 337 g/mol. The van der Waals surface area contributed by atoms with Gasteiger partial charge in [0.05, 0.1) is 25.3 Å². The van der Waals surface area contributed by atoms with Crippen molar-refractivity contribution in [3.05, 3.63) is 34.9 Å². The van der Waals surface area contributed by atoms with Gasteiger partial charge in [-0.05, 0) is 31.0 Å². The van der Waals surface area contributed by atoms with Crippen molar-refractivity contribution in [3.8, 4) is 0 Å². The molecule has 2 fully saturated rings. The second kappa shape index (κ2) is 8.11. The Morgan fingerprint density at radius 2 is 2.17 bits per heavy atom. The van der Waals surface area contributed by atoms with Crippen molar-refractivity contribution in [3.63, 3.8) is 0 Å². The largest absolute Gasteiger partial charge is 0.379 e. The van der Waals surface area contributed by atoms with Crippen molar-refractivity contribution in [1.29, 1.82) is 0 Å². The summed E-state index contributed by atoms with van der Waals surface area (Å²) in [6.45, 7) is 4.65. The average Bonchev–Trinajstić information content (AvgIpc) is 3.12. The molecule has 1 aromatic rings. The number of ether oxygens (including phenoxy) is 1. The van der Waals surface area contributed by atoms with Gasteiger partial charge in [-0.2, -0.15) is 0 Å². The van der Waals surface area contributed by atoms with Gasteiger partial charge in [-0.3, -0.25) is 9.69 Å². The predicted molar refractivity (Wildman–Crippen MR) is 90.6 cm³/mol. The first-order valence-corrected chi connectivity index (χ1v) is 8.71. The molecule has 3 rings (SSSR count). The van der Waals surface area contributed by atoms with Gasteiger partial charge in [-0.1, -0.05) is 29.8 Å². The van der Waals surface area contributed by atoms with Gasteiger partial charge >= 0.3 is 0 Å². The van der Waals surface area contributed by atoms with Crippen LogP contribution in [-0.2, 0) is 9.53 Å². The van der Waals surface area contributed by atoms with Gasteiger partial charge in [0.25, 0.3) is 0 Å². The molecule has 2 atom stereocenters. The molecule has 2 heterocycles. The van der Waals surface area contributed by atoms with Crippen molar-refractivity contribution in [2.24, 2.45) is 0 Å². The number of halogens is 1. The quantitative estimate of drug-likeness (QED) is 0.856. The number of morpholine rings is 1. The first-order valence-electron chi connectivity index (χ1n) is 8.33. The second-order valence-electron chi connectivity index (χ2n) is 6.08. The number of benzene rings is 1. The van der Waals surface area contributed by atoms with E-state index in [4.69, 9.17) is 16.3 Å². The van der Waals surface area contributed by atoms with Crippen molar-refractivity contribution < 1.29 is 9.53 Å². The first kappa shape index (κ1) is 16.7. The summed E-state index contributed by atoms with van der Waals surface area (Å²) >= 11 is 6.40. The zero-order valence-electron chi connectivity index (χ0n) is 13.3. The molecule has 1 amide bonds. The number of hydrogen-bond acceptors (Lipinski definition) is 4. The normalized spacial score (nSPS) is 23.6. The zero-order chi connectivity index (χ0) is 16.1. The van der Waals surface area contributed by atoms with Gasteiger partial charge in [-0.25, -0.2) is 0 Å². The van der Waals surface area contributed by atoms with Gasteiger partial charge in [0.15, 0.2) is 0 Å². The van der Waals surface area contributed by atoms with Crippen LogP contribution in [0.5, 0.6) is 0 Å². The maximum Gasteiger partial charge on any atom is 0.237 e. The molecule has 2 aliphatic heterocycles. The van der Waals surface area contributed by atoms with Crippen LogP contribution in [0.15, 0.2) is 24.3 Å². The summed E-state index contributed by atoms with van der Waals surface area (Å²) in [6.07, 6.45) is 1.98. The van der Waals surface area contributed by atoms with E-state index in [9.17, 15) is 4.79 Å². The summed E-state index contributed by atoms with van der Waals surface area (Å²) in [5, 5.41) is 7.09. The van der Waals surface area contributed by atoms with Crippen LogP contribution in [0.4, 0.5) is 0 Å². The molecule has 6 heteroatoms. The van der Waals surface area contributed by atoms with E-state index >= 15 is 0 Å². The second-order valence-corrected chi connectivity index (χ2v) is 6.49. The van der Waals surface area contributed by atoms with Crippen LogP contribution in [0, 0.1) is 0 Å². The lowest BCUT2D eigenvalue weighted by molar-refractivity contribution is -0.123. The smallest absolute Gasteiger partial charge is 0.237 e. The highest BCUT2D eigenvalue weighted by Gasteiger charge is 2.27. The molecule has 0 saturated carbocycles. The van der Waals surface area contributed by atoms with Crippen LogP contribution in [0.3, 0.4) is 0 Å². The highest BCUT2D eigenvalue weighted by molar-refractivity contribution is 6.31. The maximum absolute atomic E-state index is 12.3. The molecule has 5 nitrogen and oxygen atoms in total. The Hall–Kier alpha value is -1.14. The topological polar surface area (TPSA) is 53.6 Å². The molecule has 2 aliphatic rings. The van der Waals surface area contributed by atoms with E-state index in [2.05, 4.69) is 15.5 Å². The Kier molecular flexibility index (Phi) is 5.89. The van der Waals surface area contributed by atoms with E-state index in [1.807, 2.05) is 24.3 Å². The number of carbonyl (C=O) groups excluding carboxylic acids is 1. The van der Waals surface area contributed by atoms with Crippen LogP contribution < -0.4 is 10.6 Å². The SMILES string of the molecule is O=C(NCC(c1ccccc1Cl)N1CCOCC1)C1CCCN1. The van der Waals surface area contributed by atoms with E-state index in [-0.39, 0.29) is 18.0 Å². The number of amides is 1. The summed E-state index contributed by atoms with van der Waals surface area (Å²) in [6, 6.07) is 7.91. The lowest BCUT2D eigenvalue weighted by atomic mass is 10.0. The van der Waals surface area contributed by atoms with E-state index < -0.39 is 0 Å². The zero-order valence-corrected chi connectivity index (χ0v) is 14.0. The van der Waals surface area contributed by atoms with E-state index in [0.29, 0.717) is 6.54 Å². The summed E-state index contributed by atoms with van der Waals surface area (Å²) in [5.41, 5.74) is 1.07. The average molecular weight is 338 g/mol. The molecule has 2 unspecified atom stereocenters. The Morgan fingerprint density at radius 3 is 2.87 bits per heavy atom. The molecular formula is C17H24ClN3O2. The fourth-order valence-electron chi connectivity index (χ4n) is 3.30. The molecule has 0 spiro atoms. The highest BCUT2D eigenvalue weighted by Crippen LogP contribution is 2.27. The summed E-state index contributed by atoms with van der Waals surface area (Å²) < 4.78 is 5.45. The molecule has 0 aliphatic carbocycles. The van der Waals surface area contributed by atoms with Crippen molar-refractivity contribution in [1.82, 2.24) is 15.5 Å². The van der Waals surface area contributed by atoms with Gasteiger partial charge in [0, 0.05) is 24.7 Å². The van der Waals surface area contributed by atoms with Gasteiger partial charge in [-0.15, -0.1) is 0 Å². The molecule has 126 valence electrons. The molecule has 1 aromatic carbocycles. The lowest BCUT2D eigenvalue weighted by Crippen LogP contribution is -2.47. The third-order valence-corrected chi connectivity index (χ3v) is 4.94. The summed E-state index contributed by atoms with van der Waals surface area (Å²) in [7, 11) is 0. The number of rotatable bonds is 5. The van der Waals surface area contributed by atoms with Crippen LogP contribution in [-0.4, -0.2) is 56.2 Å². The third-order valence-electron chi connectivity index (χ3n) is 4.60. The number of nitrogens with one attached hydrogen (secondary N) is 2. The summed E-state index contributed by atoms with van der Waals surface area (Å²) in [4.78, 5) is 14.6.